The Morgan fingerprint density at radius 3 is 1.17 bits per heavy atom. The molecule has 14 nitrogen and oxygen atoms in total. The first-order valence-corrected chi connectivity index (χ1v) is 23.2. The zero-order valence-corrected chi connectivity index (χ0v) is 40.1. The van der Waals surface area contributed by atoms with Gasteiger partial charge in [0.1, 0.15) is 0 Å². The van der Waals surface area contributed by atoms with Gasteiger partial charge in [-0.15, -0.1) is 0 Å². The first-order chi connectivity index (χ1) is 32.8. The van der Waals surface area contributed by atoms with Crippen molar-refractivity contribution in [2.75, 3.05) is 112 Å². The van der Waals surface area contributed by atoms with Crippen LogP contribution in [0.5, 0.6) is 0 Å². The van der Waals surface area contributed by atoms with Gasteiger partial charge in [0, 0.05) is 106 Å². The molecule has 0 rings (SSSR count). The molecule has 0 heterocycles. The summed E-state index contributed by atoms with van der Waals surface area (Å²) in [5.41, 5.74) is -1.56. The lowest BCUT2D eigenvalue weighted by Crippen LogP contribution is -2.68. The molecule has 0 aliphatic carbocycles. The lowest BCUT2D eigenvalue weighted by Gasteiger charge is -2.39. The molecule has 70 heavy (non-hydrogen) atoms. The van der Waals surface area contributed by atoms with Gasteiger partial charge in [0.05, 0.1) is 36.9 Å². The summed E-state index contributed by atoms with van der Waals surface area (Å²) >= 11 is 0. The Bertz CT molecular complexity index is 1400. The van der Waals surface area contributed by atoms with Crippen molar-refractivity contribution in [1.82, 2.24) is 0 Å². The molecule has 416 valence electrons. The van der Waals surface area contributed by atoms with Crippen molar-refractivity contribution in [1.29, 1.82) is 0 Å². The largest absolute Gasteiger partial charge is 0.481 e. The van der Waals surface area contributed by atoms with E-state index >= 15 is 0 Å². The van der Waals surface area contributed by atoms with Gasteiger partial charge in [0.2, 0.25) is 0 Å². The molecule has 0 spiro atoms. The average Bonchev–Trinajstić information content (AvgIpc) is 3.29. The molecule has 0 fully saturated rings. The number of halogens is 12. The molecule has 0 aromatic heterocycles. The predicted molar refractivity (Wildman–Crippen MR) is 225 cm³/mol. The monoisotopic (exact) mass is 1050 g/mol. The van der Waals surface area contributed by atoms with Crippen LogP contribution in [0.25, 0.3) is 0 Å². The second-order valence-corrected chi connectivity index (χ2v) is 16.5. The topological polar surface area (TPSA) is 175 Å². The van der Waals surface area contributed by atoms with Gasteiger partial charge in [-0.2, -0.15) is 43.9 Å². The molecule has 0 aromatic rings. The Hall–Kier alpha value is -2.75. The van der Waals surface area contributed by atoms with Gasteiger partial charge in [-0.25, -0.2) is 8.78 Å². The van der Waals surface area contributed by atoms with Crippen LogP contribution in [0.2, 0.25) is 0 Å². The summed E-state index contributed by atoms with van der Waals surface area (Å²) in [4.78, 5) is 37.6. The molecule has 0 radical (unpaired) electrons. The number of ether oxygens (including phenoxy) is 9. The van der Waals surface area contributed by atoms with Crippen LogP contribution in [-0.2, 0) is 57.0 Å². The number of carboxylic acids is 1. The van der Waals surface area contributed by atoms with Gasteiger partial charge in [-0.3, -0.25) is 14.4 Å². The van der Waals surface area contributed by atoms with Crippen molar-refractivity contribution >= 4 is 17.9 Å². The first-order valence-electron chi connectivity index (χ1n) is 23.2. The second kappa shape index (κ2) is 35.4. The fourth-order valence-electron chi connectivity index (χ4n) is 5.98. The third-order valence-electron chi connectivity index (χ3n) is 10.6. The van der Waals surface area contributed by atoms with Gasteiger partial charge in [0.15, 0.2) is 0 Å². The fourth-order valence-corrected chi connectivity index (χ4v) is 5.98. The minimum Gasteiger partial charge on any atom is -0.481 e. The van der Waals surface area contributed by atoms with E-state index in [4.69, 9.17) is 43.0 Å². The van der Waals surface area contributed by atoms with Crippen LogP contribution in [0.4, 0.5) is 52.7 Å². The van der Waals surface area contributed by atoms with Crippen molar-refractivity contribution in [2.45, 2.75) is 134 Å². The number of aliphatic hydroxyl groups excluding tert-OH is 1. The number of rotatable bonds is 47. The molecule has 26 heteroatoms. The van der Waals surface area contributed by atoms with E-state index < -0.39 is 97.1 Å². The normalized spacial score (nSPS) is 14.7. The summed E-state index contributed by atoms with van der Waals surface area (Å²) in [5, 5.41) is 18.4. The maximum Gasteiger partial charge on any atom is 0.384 e. The van der Waals surface area contributed by atoms with Crippen molar-refractivity contribution < 1.29 is 120 Å². The third-order valence-corrected chi connectivity index (χ3v) is 10.6. The van der Waals surface area contributed by atoms with Crippen molar-refractivity contribution in [2.24, 2.45) is 17.3 Å². The third kappa shape index (κ3) is 24.3. The van der Waals surface area contributed by atoms with Crippen molar-refractivity contribution in [3.8, 4) is 0 Å². The Kier molecular flexibility index (Phi) is 34.0. The van der Waals surface area contributed by atoms with Gasteiger partial charge >= 0.3 is 53.9 Å². The molecule has 0 amide bonds. The zero-order chi connectivity index (χ0) is 53.3. The van der Waals surface area contributed by atoms with E-state index in [1.54, 1.807) is 0 Å². The molecule has 2 N–H and O–H groups in total. The minimum absolute atomic E-state index is 0.0216. The van der Waals surface area contributed by atoms with E-state index in [1.807, 2.05) is 0 Å². The molecular weight excluding hydrogens is 980 g/mol. The SMILES string of the molecule is CCC(C)(CC(CC(C)C(=O)OCCC(F)(F)C(F)(F)C(F)(F)C(F)(F)C(F)(F)C(F)F)C(=O)OCCCOCCCOCCCOCCCOCCCOCCCOCCCOCCCO)C(=O)O. The lowest BCUT2D eigenvalue weighted by atomic mass is 9.76. The number of carbonyl (C=O) groups is 3. The van der Waals surface area contributed by atoms with Crippen LogP contribution in [0.1, 0.15) is 97.8 Å². The Labute approximate surface area is 401 Å². The highest BCUT2D eigenvalue weighted by atomic mass is 19.4. The molecule has 0 aliphatic heterocycles. The maximum absolute atomic E-state index is 14.2. The summed E-state index contributed by atoms with van der Waals surface area (Å²) in [6.45, 7) is 9.01. The van der Waals surface area contributed by atoms with Gasteiger partial charge in [-0.05, 0) is 71.1 Å². The van der Waals surface area contributed by atoms with Gasteiger partial charge in [0.25, 0.3) is 0 Å². The van der Waals surface area contributed by atoms with Crippen LogP contribution < -0.4 is 0 Å². The molecule has 0 bridgehead atoms. The van der Waals surface area contributed by atoms with Gasteiger partial charge in [-0.1, -0.05) is 13.8 Å². The predicted octanol–water partition coefficient (Wildman–Crippen LogP) is 8.67. The Morgan fingerprint density at radius 2 is 0.843 bits per heavy atom. The molecule has 0 saturated heterocycles. The van der Waals surface area contributed by atoms with Crippen LogP contribution in [-0.4, -0.2) is 176 Å². The van der Waals surface area contributed by atoms with Crippen LogP contribution in [0.15, 0.2) is 0 Å². The number of esters is 2. The van der Waals surface area contributed by atoms with E-state index in [2.05, 4.69) is 4.74 Å². The molecule has 0 aliphatic rings. The smallest absolute Gasteiger partial charge is 0.384 e. The highest BCUT2D eigenvalue weighted by Gasteiger charge is 2.87. The van der Waals surface area contributed by atoms with E-state index in [9.17, 15) is 72.2 Å². The van der Waals surface area contributed by atoms with Crippen LogP contribution in [0, 0.1) is 17.3 Å². The minimum atomic E-state index is -7.73. The number of carbonyl (C=O) groups excluding carboxylic acids is 2. The summed E-state index contributed by atoms with van der Waals surface area (Å²) in [7, 11) is 0. The first kappa shape index (κ1) is 67.2. The Balaban J connectivity index is 4.41. The molecule has 3 unspecified atom stereocenters. The van der Waals surface area contributed by atoms with Crippen molar-refractivity contribution in [3.05, 3.63) is 0 Å². The molecular formula is C44H72F12O14. The van der Waals surface area contributed by atoms with Crippen LogP contribution >= 0.6 is 0 Å². The summed E-state index contributed by atoms with van der Waals surface area (Å²) in [6, 6.07) is 0. The highest BCUT2D eigenvalue weighted by Crippen LogP contribution is 2.58. The zero-order valence-electron chi connectivity index (χ0n) is 40.1. The lowest BCUT2D eigenvalue weighted by molar-refractivity contribution is -0.413. The van der Waals surface area contributed by atoms with E-state index in [0.29, 0.717) is 105 Å². The average molecular weight is 1050 g/mol. The Morgan fingerprint density at radius 1 is 0.500 bits per heavy atom. The maximum atomic E-state index is 14.2. The summed E-state index contributed by atoms with van der Waals surface area (Å²) in [6.07, 6.45) is -4.12. The van der Waals surface area contributed by atoms with Crippen molar-refractivity contribution in [3.63, 3.8) is 0 Å². The molecule has 0 aromatic carbocycles. The number of aliphatic carboxylic acids is 1. The number of alkyl halides is 12. The van der Waals surface area contributed by atoms with E-state index in [1.165, 1.54) is 13.8 Å². The van der Waals surface area contributed by atoms with Gasteiger partial charge < -0.3 is 52.8 Å². The number of hydrogen-bond acceptors (Lipinski definition) is 13. The second-order valence-electron chi connectivity index (χ2n) is 16.5. The number of hydrogen-bond donors (Lipinski definition) is 2. The standard InChI is InChI=1S/C44H72F12O14/c1-4-39(3,38(60)61)32-34(31-33(2)35(58)70-30-13-40(47,48)42(51,52)44(55,56)43(53,54)41(49,50)37(45)46)36(59)69-29-12-28-68-27-11-26-67-25-10-24-66-23-9-22-65-21-8-20-64-19-7-18-63-17-6-16-62-15-5-14-57/h33-34,37,57H,4-32H2,1-3H3,(H,60,61). The summed E-state index contributed by atoms with van der Waals surface area (Å²) < 4.78 is 210. The van der Waals surface area contributed by atoms with E-state index in [0.717, 1.165) is 32.6 Å². The quantitative estimate of drug-likeness (QED) is 0.0337. The highest BCUT2D eigenvalue weighted by molar-refractivity contribution is 5.78. The number of aliphatic hydroxyl groups is 1. The fraction of sp³-hybridized carbons (Fsp3) is 0.932. The van der Waals surface area contributed by atoms with Crippen LogP contribution in [0.3, 0.4) is 0 Å². The number of carboxylic acid groups (broad SMARTS) is 1. The summed E-state index contributed by atoms with van der Waals surface area (Å²) in [5.74, 6) is -42.9. The van der Waals surface area contributed by atoms with E-state index in [-0.39, 0.29) is 32.7 Å². The molecule has 0 saturated carbocycles. The molecule has 3 atom stereocenters.